The number of nitrogens with two attached hydrogens (primary N) is 1. The molecule has 0 atom stereocenters. The highest BCUT2D eigenvalue weighted by Crippen LogP contribution is 2.36. The Bertz CT molecular complexity index is 1170. The van der Waals surface area contributed by atoms with Gasteiger partial charge in [0.1, 0.15) is 9.71 Å². The summed E-state index contributed by atoms with van der Waals surface area (Å²) in [5.74, 6) is -0.270. The number of nitrogens with one attached hydrogen (secondary N) is 1. The maximum absolute atomic E-state index is 12.8. The van der Waals surface area contributed by atoms with Crippen LogP contribution in [0.5, 0.6) is 0 Å². The molecule has 0 aliphatic carbocycles. The number of pyridine rings is 2. The first-order valence-corrected chi connectivity index (χ1v) is 9.22. The molecular formula is C20H18N4O2S. The summed E-state index contributed by atoms with van der Waals surface area (Å²) in [7, 11) is 1.63. The number of fused-ring (bicyclic) bond motifs is 2. The third kappa shape index (κ3) is 3.22. The molecule has 1 aromatic carbocycles. The minimum atomic E-state index is -0.270. The molecular weight excluding hydrogens is 360 g/mol. The van der Waals surface area contributed by atoms with E-state index in [4.69, 9.17) is 10.5 Å². The lowest BCUT2D eigenvalue weighted by Gasteiger charge is -2.06. The summed E-state index contributed by atoms with van der Waals surface area (Å²) >= 11 is 1.28. The van der Waals surface area contributed by atoms with Gasteiger partial charge >= 0.3 is 0 Å². The third-order valence-corrected chi connectivity index (χ3v) is 5.36. The maximum Gasteiger partial charge on any atom is 0.267 e. The topological polar surface area (TPSA) is 90.1 Å². The number of benzene rings is 1. The average molecular weight is 378 g/mol. The van der Waals surface area contributed by atoms with E-state index in [-0.39, 0.29) is 5.91 Å². The first kappa shape index (κ1) is 17.4. The molecule has 3 aromatic heterocycles. The Balaban J connectivity index is 1.71. The van der Waals surface area contributed by atoms with Crippen molar-refractivity contribution < 1.29 is 9.53 Å². The molecule has 3 N–H and O–H groups in total. The van der Waals surface area contributed by atoms with E-state index >= 15 is 0 Å². The molecule has 4 rings (SSSR count). The Labute approximate surface area is 160 Å². The van der Waals surface area contributed by atoms with Gasteiger partial charge in [0.2, 0.25) is 0 Å². The Morgan fingerprint density at radius 3 is 2.93 bits per heavy atom. The normalized spacial score (nSPS) is 11.2. The van der Waals surface area contributed by atoms with Gasteiger partial charge in [0.25, 0.3) is 5.91 Å². The van der Waals surface area contributed by atoms with Gasteiger partial charge in [-0.1, -0.05) is 18.2 Å². The SMILES string of the molecule is COCc1cc(C)nc2sc(C(=O)Nc3cnc4ccccc4c3)c(N)c12. The van der Waals surface area contributed by atoms with E-state index in [1.165, 1.54) is 11.3 Å². The number of carbonyl (C=O) groups excluding carboxylic acids is 1. The summed E-state index contributed by atoms with van der Waals surface area (Å²) in [5, 5.41) is 4.63. The first-order valence-electron chi connectivity index (χ1n) is 8.40. The lowest BCUT2D eigenvalue weighted by atomic mass is 10.1. The second kappa shape index (κ2) is 6.94. The van der Waals surface area contributed by atoms with E-state index < -0.39 is 0 Å². The minimum Gasteiger partial charge on any atom is -0.397 e. The zero-order valence-corrected chi connectivity index (χ0v) is 15.8. The summed E-state index contributed by atoms with van der Waals surface area (Å²) in [6, 6.07) is 11.6. The number of hydrogen-bond donors (Lipinski definition) is 2. The highest BCUT2D eigenvalue weighted by atomic mass is 32.1. The smallest absolute Gasteiger partial charge is 0.267 e. The Hall–Kier alpha value is -3.03. The van der Waals surface area contributed by atoms with Crippen LogP contribution in [0.15, 0.2) is 42.6 Å². The zero-order valence-electron chi connectivity index (χ0n) is 14.9. The van der Waals surface area contributed by atoms with Crippen LogP contribution in [0.25, 0.3) is 21.1 Å². The summed E-state index contributed by atoms with van der Waals surface area (Å²) < 4.78 is 5.26. The molecule has 27 heavy (non-hydrogen) atoms. The highest BCUT2D eigenvalue weighted by molar-refractivity contribution is 7.21. The molecule has 0 saturated carbocycles. The second-order valence-corrected chi connectivity index (χ2v) is 7.25. The molecule has 136 valence electrons. The van der Waals surface area contributed by atoms with Crippen molar-refractivity contribution in [3.63, 3.8) is 0 Å². The van der Waals surface area contributed by atoms with Crippen LogP contribution in [-0.4, -0.2) is 23.0 Å². The molecule has 0 unspecified atom stereocenters. The molecule has 0 saturated heterocycles. The van der Waals surface area contributed by atoms with Gasteiger partial charge in [-0.2, -0.15) is 0 Å². The van der Waals surface area contributed by atoms with Gasteiger partial charge in [0.05, 0.1) is 29.7 Å². The Kier molecular flexibility index (Phi) is 4.47. The molecule has 0 bridgehead atoms. The van der Waals surface area contributed by atoms with Gasteiger partial charge < -0.3 is 15.8 Å². The number of nitrogens with zero attached hydrogens (tertiary/aromatic N) is 2. The van der Waals surface area contributed by atoms with E-state index in [0.29, 0.717) is 22.9 Å². The molecule has 3 heterocycles. The van der Waals surface area contributed by atoms with Gasteiger partial charge in [-0.3, -0.25) is 9.78 Å². The summed E-state index contributed by atoms with van der Waals surface area (Å²) in [6.45, 7) is 2.32. The summed E-state index contributed by atoms with van der Waals surface area (Å²) in [6.07, 6.45) is 1.64. The van der Waals surface area contributed by atoms with Gasteiger partial charge in [-0.15, -0.1) is 11.3 Å². The highest BCUT2D eigenvalue weighted by Gasteiger charge is 2.20. The van der Waals surface area contributed by atoms with Crippen molar-refractivity contribution in [3.05, 3.63) is 58.7 Å². The van der Waals surface area contributed by atoms with Crippen LogP contribution in [-0.2, 0) is 11.3 Å². The summed E-state index contributed by atoms with van der Waals surface area (Å²) in [4.78, 5) is 22.9. The number of hydrogen-bond acceptors (Lipinski definition) is 6. The number of aromatic nitrogens is 2. The van der Waals surface area contributed by atoms with Crippen LogP contribution < -0.4 is 11.1 Å². The van der Waals surface area contributed by atoms with Crippen molar-refractivity contribution in [1.29, 1.82) is 0 Å². The standard InChI is InChI=1S/C20H18N4O2S/c1-11-7-13(10-26-2)16-17(21)18(27-20(16)23-11)19(25)24-14-8-12-5-3-4-6-15(12)22-9-14/h3-9H,10,21H2,1-2H3,(H,24,25). The Morgan fingerprint density at radius 1 is 1.30 bits per heavy atom. The van der Waals surface area contributed by atoms with E-state index in [2.05, 4.69) is 15.3 Å². The maximum atomic E-state index is 12.8. The van der Waals surface area contributed by atoms with E-state index in [0.717, 1.165) is 32.4 Å². The molecule has 0 fully saturated rings. The fourth-order valence-corrected chi connectivity index (χ4v) is 4.18. The number of amides is 1. The number of methoxy groups -OCH3 is 1. The van der Waals surface area contributed by atoms with Crippen LogP contribution in [0.2, 0.25) is 0 Å². The van der Waals surface area contributed by atoms with Crippen molar-refractivity contribution in [3.8, 4) is 0 Å². The van der Waals surface area contributed by atoms with Gasteiger partial charge in [0, 0.05) is 23.6 Å². The monoisotopic (exact) mass is 378 g/mol. The predicted octanol–water partition coefficient (Wildman–Crippen LogP) is 4.13. The fraction of sp³-hybridized carbons (Fsp3) is 0.150. The van der Waals surface area contributed by atoms with Gasteiger partial charge in [-0.05, 0) is 30.7 Å². The molecule has 1 amide bonds. The van der Waals surface area contributed by atoms with Crippen molar-refractivity contribution in [2.45, 2.75) is 13.5 Å². The summed E-state index contributed by atoms with van der Waals surface area (Å²) in [5.41, 5.74) is 10.0. The van der Waals surface area contributed by atoms with Crippen molar-refractivity contribution in [1.82, 2.24) is 9.97 Å². The van der Waals surface area contributed by atoms with Crippen LogP contribution in [0.4, 0.5) is 11.4 Å². The molecule has 0 spiro atoms. The second-order valence-electron chi connectivity index (χ2n) is 6.25. The van der Waals surface area contributed by atoms with Gasteiger partial charge in [0.15, 0.2) is 0 Å². The van der Waals surface area contributed by atoms with Crippen LogP contribution >= 0.6 is 11.3 Å². The van der Waals surface area contributed by atoms with Crippen molar-refractivity contribution in [2.75, 3.05) is 18.2 Å². The minimum absolute atomic E-state index is 0.270. The molecule has 0 aliphatic rings. The fourth-order valence-electron chi connectivity index (χ4n) is 3.10. The first-order chi connectivity index (χ1) is 13.1. The number of ether oxygens (including phenoxy) is 1. The third-order valence-electron chi connectivity index (χ3n) is 4.26. The predicted molar refractivity (Wildman–Crippen MR) is 109 cm³/mol. The number of nitrogen functional groups attached to an aromatic ring is 1. The largest absolute Gasteiger partial charge is 0.397 e. The van der Waals surface area contributed by atoms with E-state index in [9.17, 15) is 4.79 Å². The number of para-hydroxylation sites is 1. The lowest BCUT2D eigenvalue weighted by molar-refractivity contribution is 0.103. The van der Waals surface area contributed by atoms with Crippen LogP contribution in [0, 0.1) is 6.92 Å². The molecule has 0 aliphatic heterocycles. The molecule has 0 radical (unpaired) electrons. The number of aryl methyl sites for hydroxylation is 1. The molecule has 6 nitrogen and oxygen atoms in total. The number of carbonyl (C=O) groups is 1. The molecule has 7 heteroatoms. The zero-order chi connectivity index (χ0) is 19.0. The van der Waals surface area contributed by atoms with E-state index in [1.807, 2.05) is 43.3 Å². The number of thiophene rings is 1. The number of rotatable bonds is 4. The number of anilines is 2. The van der Waals surface area contributed by atoms with Crippen molar-refractivity contribution in [2.24, 2.45) is 0 Å². The molecule has 4 aromatic rings. The van der Waals surface area contributed by atoms with Crippen LogP contribution in [0.1, 0.15) is 20.9 Å². The van der Waals surface area contributed by atoms with Gasteiger partial charge in [-0.25, -0.2) is 4.98 Å². The average Bonchev–Trinajstić information content (AvgIpc) is 2.98. The van der Waals surface area contributed by atoms with Crippen LogP contribution in [0.3, 0.4) is 0 Å². The van der Waals surface area contributed by atoms with Crippen molar-refractivity contribution >= 4 is 49.7 Å². The van der Waals surface area contributed by atoms with E-state index in [1.54, 1.807) is 13.3 Å². The quantitative estimate of drug-likeness (QED) is 0.557. The lowest BCUT2D eigenvalue weighted by Crippen LogP contribution is -2.12. The Morgan fingerprint density at radius 2 is 2.11 bits per heavy atom.